The van der Waals surface area contributed by atoms with Gasteiger partial charge in [0.05, 0.1) is 11.1 Å². The van der Waals surface area contributed by atoms with Gasteiger partial charge in [0.25, 0.3) is 17.7 Å². The number of imide groups is 1. The van der Waals surface area contributed by atoms with E-state index in [-0.39, 0.29) is 36.6 Å². The summed E-state index contributed by atoms with van der Waals surface area (Å²) in [6, 6.07) is 13.4. The van der Waals surface area contributed by atoms with Crippen LogP contribution in [0.2, 0.25) is 5.02 Å². The summed E-state index contributed by atoms with van der Waals surface area (Å²) in [5.74, 6) is -0.928. The fraction of sp³-hybridized carbons (Fsp3) is 0.304. The molecule has 0 unspecified atom stereocenters. The maximum absolute atomic E-state index is 12.7. The van der Waals surface area contributed by atoms with Gasteiger partial charge in [0.15, 0.2) is 0 Å². The van der Waals surface area contributed by atoms with Crippen molar-refractivity contribution in [1.82, 2.24) is 14.7 Å². The third-order valence-corrected chi connectivity index (χ3v) is 5.91. The van der Waals surface area contributed by atoms with Crippen LogP contribution in [0.15, 0.2) is 48.5 Å². The summed E-state index contributed by atoms with van der Waals surface area (Å²) in [4.78, 5) is 54.9. The first-order chi connectivity index (χ1) is 15.0. The molecule has 7 nitrogen and oxygen atoms in total. The van der Waals surface area contributed by atoms with Gasteiger partial charge in [-0.1, -0.05) is 23.7 Å². The number of amides is 4. The molecular formula is C23H22ClN3O4. The van der Waals surface area contributed by atoms with E-state index in [4.69, 9.17) is 11.6 Å². The van der Waals surface area contributed by atoms with E-state index in [1.54, 1.807) is 58.3 Å². The molecule has 4 rings (SSSR count). The molecule has 0 radical (unpaired) electrons. The van der Waals surface area contributed by atoms with Crippen molar-refractivity contribution in [1.29, 1.82) is 0 Å². The van der Waals surface area contributed by atoms with Gasteiger partial charge in [-0.2, -0.15) is 0 Å². The summed E-state index contributed by atoms with van der Waals surface area (Å²) >= 11 is 5.89. The lowest BCUT2D eigenvalue weighted by molar-refractivity contribution is -0.131. The van der Waals surface area contributed by atoms with Crippen LogP contribution in [-0.2, 0) is 4.79 Å². The molecule has 1 saturated heterocycles. The van der Waals surface area contributed by atoms with Crippen LogP contribution in [0.5, 0.6) is 0 Å². The minimum absolute atomic E-state index is 0.0507. The lowest BCUT2D eigenvalue weighted by atomic mass is 10.1. The highest BCUT2D eigenvalue weighted by molar-refractivity contribution is 6.30. The fourth-order valence-electron chi connectivity index (χ4n) is 3.95. The molecule has 0 aromatic heterocycles. The van der Waals surface area contributed by atoms with Gasteiger partial charge in [-0.15, -0.1) is 0 Å². The van der Waals surface area contributed by atoms with Gasteiger partial charge in [0.1, 0.15) is 0 Å². The summed E-state index contributed by atoms with van der Waals surface area (Å²) in [5, 5.41) is 0.572. The Labute approximate surface area is 185 Å². The Morgan fingerprint density at radius 1 is 0.806 bits per heavy atom. The average Bonchev–Trinajstić information content (AvgIpc) is 2.94. The van der Waals surface area contributed by atoms with Crippen molar-refractivity contribution in [2.75, 3.05) is 32.7 Å². The predicted molar refractivity (Wildman–Crippen MR) is 115 cm³/mol. The third kappa shape index (κ3) is 4.32. The van der Waals surface area contributed by atoms with Crippen LogP contribution >= 0.6 is 11.6 Å². The van der Waals surface area contributed by atoms with E-state index >= 15 is 0 Å². The first-order valence-electron chi connectivity index (χ1n) is 10.2. The summed E-state index contributed by atoms with van der Waals surface area (Å²) in [6.45, 7) is 1.99. The Morgan fingerprint density at radius 2 is 1.39 bits per heavy atom. The lowest BCUT2D eigenvalue weighted by Gasteiger charge is -2.23. The number of carbonyl (C=O) groups is 4. The number of nitrogens with zero attached hydrogens (tertiary/aromatic N) is 3. The van der Waals surface area contributed by atoms with Gasteiger partial charge < -0.3 is 9.80 Å². The fourth-order valence-corrected chi connectivity index (χ4v) is 4.08. The van der Waals surface area contributed by atoms with Crippen molar-refractivity contribution < 1.29 is 19.2 Å². The minimum atomic E-state index is -0.357. The molecule has 0 saturated carbocycles. The highest BCUT2D eigenvalue weighted by atomic mass is 35.5. The molecule has 31 heavy (non-hydrogen) atoms. The molecule has 8 heteroatoms. The van der Waals surface area contributed by atoms with E-state index in [0.29, 0.717) is 54.3 Å². The smallest absolute Gasteiger partial charge is 0.261 e. The molecule has 160 valence electrons. The summed E-state index contributed by atoms with van der Waals surface area (Å²) in [5.41, 5.74) is 1.33. The standard InChI is InChI=1S/C23H22ClN3O4/c24-17-8-6-16(7-9-17)21(29)26-12-3-11-25(14-15-26)20(28)10-13-27-22(30)18-4-1-2-5-19(18)23(27)31/h1-2,4-9H,3,10-15H2. The number of benzene rings is 2. The zero-order valence-electron chi connectivity index (χ0n) is 16.9. The van der Waals surface area contributed by atoms with Crippen LogP contribution in [-0.4, -0.2) is 71.1 Å². The highest BCUT2D eigenvalue weighted by Crippen LogP contribution is 2.22. The lowest BCUT2D eigenvalue weighted by Crippen LogP contribution is -2.39. The predicted octanol–water partition coefficient (Wildman–Crippen LogP) is 2.70. The molecule has 0 N–H and O–H groups in total. The van der Waals surface area contributed by atoms with Crippen LogP contribution in [0.1, 0.15) is 43.9 Å². The molecule has 2 aliphatic rings. The minimum Gasteiger partial charge on any atom is -0.341 e. The second-order valence-electron chi connectivity index (χ2n) is 7.59. The number of rotatable bonds is 4. The molecule has 0 bridgehead atoms. The monoisotopic (exact) mass is 439 g/mol. The molecule has 0 aliphatic carbocycles. The second-order valence-corrected chi connectivity index (χ2v) is 8.03. The molecule has 2 aromatic carbocycles. The molecular weight excluding hydrogens is 418 g/mol. The van der Waals surface area contributed by atoms with Gasteiger partial charge in [0, 0.05) is 49.7 Å². The van der Waals surface area contributed by atoms with E-state index in [1.807, 2.05) is 0 Å². The van der Waals surface area contributed by atoms with Crippen LogP contribution in [0, 0.1) is 0 Å². The average molecular weight is 440 g/mol. The Bertz CT molecular complexity index is 1000. The topological polar surface area (TPSA) is 78.0 Å². The summed E-state index contributed by atoms with van der Waals surface area (Å²) < 4.78 is 0. The summed E-state index contributed by atoms with van der Waals surface area (Å²) in [7, 11) is 0. The number of hydrogen-bond acceptors (Lipinski definition) is 4. The molecule has 2 aliphatic heterocycles. The van der Waals surface area contributed by atoms with Gasteiger partial charge in [0.2, 0.25) is 5.91 Å². The van der Waals surface area contributed by atoms with Crippen LogP contribution in [0.4, 0.5) is 0 Å². The van der Waals surface area contributed by atoms with Gasteiger partial charge >= 0.3 is 0 Å². The molecule has 4 amide bonds. The summed E-state index contributed by atoms with van der Waals surface area (Å²) in [6.07, 6.45) is 0.731. The maximum atomic E-state index is 12.7. The number of carbonyl (C=O) groups excluding carboxylic acids is 4. The first-order valence-corrected chi connectivity index (χ1v) is 10.6. The quantitative estimate of drug-likeness (QED) is 0.686. The maximum Gasteiger partial charge on any atom is 0.261 e. The van der Waals surface area contributed by atoms with Gasteiger partial charge in [-0.25, -0.2) is 0 Å². The second kappa shape index (κ2) is 8.89. The number of halogens is 1. The Hall–Kier alpha value is -3.19. The molecule has 2 heterocycles. The van der Waals surface area contributed by atoms with Crippen molar-refractivity contribution in [3.8, 4) is 0 Å². The van der Waals surface area contributed by atoms with E-state index in [1.165, 1.54) is 0 Å². The Balaban J connectivity index is 1.32. The Kier molecular flexibility index (Phi) is 6.04. The van der Waals surface area contributed by atoms with Crippen LogP contribution in [0.25, 0.3) is 0 Å². The van der Waals surface area contributed by atoms with Crippen molar-refractivity contribution in [2.24, 2.45) is 0 Å². The zero-order valence-corrected chi connectivity index (χ0v) is 17.7. The molecule has 1 fully saturated rings. The van der Waals surface area contributed by atoms with Crippen molar-refractivity contribution in [3.63, 3.8) is 0 Å². The zero-order chi connectivity index (χ0) is 22.0. The van der Waals surface area contributed by atoms with Crippen LogP contribution in [0.3, 0.4) is 0 Å². The normalized spacial score (nSPS) is 16.4. The van der Waals surface area contributed by atoms with E-state index < -0.39 is 0 Å². The van der Waals surface area contributed by atoms with E-state index in [2.05, 4.69) is 0 Å². The first kappa shape index (κ1) is 21.1. The van der Waals surface area contributed by atoms with Crippen molar-refractivity contribution in [3.05, 3.63) is 70.2 Å². The largest absolute Gasteiger partial charge is 0.341 e. The SMILES string of the molecule is O=C(CCN1C(=O)c2ccccc2C1=O)N1CCCN(C(=O)c2ccc(Cl)cc2)CC1. The van der Waals surface area contributed by atoms with Gasteiger partial charge in [-0.05, 0) is 42.8 Å². The van der Waals surface area contributed by atoms with E-state index in [9.17, 15) is 19.2 Å². The molecule has 0 spiro atoms. The molecule has 2 aromatic rings. The van der Waals surface area contributed by atoms with Gasteiger partial charge in [-0.3, -0.25) is 24.1 Å². The third-order valence-electron chi connectivity index (χ3n) is 5.65. The highest BCUT2D eigenvalue weighted by Gasteiger charge is 2.35. The van der Waals surface area contributed by atoms with E-state index in [0.717, 1.165) is 4.90 Å². The molecule has 0 atom stereocenters. The Morgan fingerprint density at radius 3 is 2.03 bits per heavy atom. The van der Waals surface area contributed by atoms with Crippen LogP contribution < -0.4 is 0 Å². The number of hydrogen-bond donors (Lipinski definition) is 0. The number of fused-ring (bicyclic) bond motifs is 1. The van der Waals surface area contributed by atoms with Crippen molar-refractivity contribution >= 4 is 35.2 Å². The van der Waals surface area contributed by atoms with Crippen molar-refractivity contribution in [2.45, 2.75) is 12.8 Å².